The largest absolute Gasteiger partial charge is 0.488 e. The Morgan fingerprint density at radius 2 is 1.65 bits per heavy atom. The minimum Gasteiger partial charge on any atom is -0.488 e. The molecule has 0 heterocycles. The molecule has 0 aliphatic heterocycles. The summed E-state index contributed by atoms with van der Waals surface area (Å²) >= 11 is 18.3. The molecule has 0 fully saturated rings. The second-order valence-corrected chi connectivity index (χ2v) is 7.20. The summed E-state index contributed by atoms with van der Waals surface area (Å²) in [4.78, 5) is 0. The zero-order chi connectivity index (χ0) is 18.5. The van der Waals surface area contributed by atoms with Crippen molar-refractivity contribution in [1.29, 1.82) is 0 Å². The molecule has 0 spiro atoms. The van der Waals surface area contributed by atoms with Gasteiger partial charge in [-0.15, -0.1) is 0 Å². The minimum atomic E-state index is 0.378. The van der Waals surface area contributed by atoms with Gasteiger partial charge in [-0.05, 0) is 42.8 Å². The average Bonchev–Trinajstić information content (AvgIpc) is 2.63. The third-order valence-corrected chi connectivity index (χ3v) is 5.02. The van der Waals surface area contributed by atoms with Crippen LogP contribution in [0.1, 0.15) is 16.7 Å². The molecule has 0 unspecified atom stereocenters. The molecule has 0 radical (unpaired) electrons. The molecular weight excluding hydrogens is 389 g/mol. The molecule has 134 valence electrons. The zero-order valence-corrected chi connectivity index (χ0v) is 16.5. The molecule has 3 aromatic carbocycles. The summed E-state index contributed by atoms with van der Waals surface area (Å²) in [6, 6.07) is 19.2. The Labute approximate surface area is 168 Å². The average molecular weight is 407 g/mol. The van der Waals surface area contributed by atoms with Crippen molar-refractivity contribution in [3.05, 3.63) is 92.4 Å². The number of nitrogens with one attached hydrogen (secondary N) is 1. The van der Waals surface area contributed by atoms with Crippen LogP contribution in [0.3, 0.4) is 0 Å². The van der Waals surface area contributed by atoms with Gasteiger partial charge in [0.1, 0.15) is 12.4 Å². The normalized spacial score (nSPS) is 10.6. The number of hydrogen-bond donors (Lipinski definition) is 1. The minimum absolute atomic E-state index is 0.378. The van der Waals surface area contributed by atoms with Crippen LogP contribution in [0.4, 0.5) is 5.69 Å². The zero-order valence-electron chi connectivity index (χ0n) is 14.2. The Bertz CT molecular complexity index is 912. The predicted molar refractivity (Wildman–Crippen MR) is 111 cm³/mol. The van der Waals surface area contributed by atoms with Crippen LogP contribution in [0.5, 0.6) is 5.75 Å². The van der Waals surface area contributed by atoms with Gasteiger partial charge in [0.15, 0.2) is 0 Å². The maximum absolute atomic E-state index is 6.22. The number of halogens is 3. The quantitative estimate of drug-likeness (QED) is 0.469. The van der Waals surface area contributed by atoms with Crippen molar-refractivity contribution in [2.45, 2.75) is 20.1 Å². The van der Waals surface area contributed by atoms with E-state index >= 15 is 0 Å². The fourth-order valence-electron chi connectivity index (χ4n) is 2.49. The molecule has 3 aromatic rings. The highest BCUT2D eigenvalue weighted by molar-refractivity contribution is 6.35. The van der Waals surface area contributed by atoms with Gasteiger partial charge >= 0.3 is 0 Å². The molecule has 0 bridgehead atoms. The van der Waals surface area contributed by atoms with Crippen molar-refractivity contribution < 1.29 is 4.74 Å². The summed E-state index contributed by atoms with van der Waals surface area (Å²) in [6.07, 6.45) is 0. The number of aryl methyl sites for hydroxylation is 1. The molecular formula is C21H18Cl3NO. The smallest absolute Gasteiger partial charge is 0.124 e. The van der Waals surface area contributed by atoms with Gasteiger partial charge in [-0.3, -0.25) is 0 Å². The SMILES string of the molecule is Cc1ccc(NCc2ccccc2OCc2ccc(Cl)cc2Cl)cc1Cl. The molecule has 26 heavy (non-hydrogen) atoms. The summed E-state index contributed by atoms with van der Waals surface area (Å²) in [7, 11) is 0. The van der Waals surface area contributed by atoms with Gasteiger partial charge in [-0.1, -0.05) is 65.1 Å². The lowest BCUT2D eigenvalue weighted by Crippen LogP contribution is -2.04. The van der Waals surface area contributed by atoms with Crippen LogP contribution in [0.2, 0.25) is 15.1 Å². The molecule has 0 aromatic heterocycles. The molecule has 5 heteroatoms. The summed E-state index contributed by atoms with van der Waals surface area (Å²) in [5.41, 5.74) is 3.97. The number of anilines is 1. The van der Waals surface area contributed by atoms with Crippen molar-refractivity contribution in [3.8, 4) is 5.75 Å². The van der Waals surface area contributed by atoms with Crippen molar-refractivity contribution >= 4 is 40.5 Å². The highest BCUT2D eigenvalue weighted by atomic mass is 35.5. The third-order valence-electron chi connectivity index (χ3n) is 4.03. The van der Waals surface area contributed by atoms with Crippen LogP contribution in [-0.4, -0.2) is 0 Å². The second-order valence-electron chi connectivity index (χ2n) is 5.95. The summed E-state index contributed by atoms with van der Waals surface area (Å²) in [6.45, 7) is 2.99. The van der Waals surface area contributed by atoms with E-state index in [0.29, 0.717) is 23.2 Å². The first-order valence-corrected chi connectivity index (χ1v) is 9.31. The maximum Gasteiger partial charge on any atom is 0.124 e. The Hall–Kier alpha value is -1.87. The lowest BCUT2D eigenvalue weighted by Gasteiger charge is -2.14. The summed E-state index contributed by atoms with van der Waals surface area (Å²) < 4.78 is 5.98. The van der Waals surface area contributed by atoms with Crippen LogP contribution >= 0.6 is 34.8 Å². The molecule has 2 nitrogen and oxygen atoms in total. The first-order valence-electron chi connectivity index (χ1n) is 8.17. The van der Waals surface area contributed by atoms with Crippen molar-refractivity contribution in [3.63, 3.8) is 0 Å². The molecule has 1 N–H and O–H groups in total. The van der Waals surface area contributed by atoms with Crippen molar-refractivity contribution in [2.75, 3.05) is 5.32 Å². The Morgan fingerprint density at radius 1 is 0.846 bits per heavy atom. The second kappa shape index (κ2) is 8.68. The van der Waals surface area contributed by atoms with Crippen LogP contribution in [0.15, 0.2) is 60.7 Å². The molecule has 0 aliphatic rings. The van der Waals surface area contributed by atoms with Crippen LogP contribution in [0.25, 0.3) is 0 Å². The van der Waals surface area contributed by atoms with E-state index in [9.17, 15) is 0 Å². The molecule has 3 rings (SSSR count). The van der Waals surface area contributed by atoms with Gasteiger partial charge in [-0.2, -0.15) is 0 Å². The maximum atomic E-state index is 6.22. The highest BCUT2D eigenvalue weighted by Gasteiger charge is 2.07. The van der Waals surface area contributed by atoms with Crippen LogP contribution in [0, 0.1) is 6.92 Å². The van der Waals surface area contributed by atoms with Crippen molar-refractivity contribution in [2.24, 2.45) is 0 Å². The van der Waals surface area contributed by atoms with E-state index in [-0.39, 0.29) is 0 Å². The third kappa shape index (κ3) is 4.85. The first kappa shape index (κ1) is 18.9. The number of benzene rings is 3. The standard InChI is InChI=1S/C21H18Cl3NO/c1-14-6-9-18(11-19(14)23)25-12-15-4-2-3-5-21(15)26-13-16-7-8-17(22)10-20(16)24/h2-11,25H,12-13H2,1H3. The molecule has 0 aliphatic carbocycles. The van der Waals surface area contributed by atoms with E-state index in [2.05, 4.69) is 5.32 Å². The highest BCUT2D eigenvalue weighted by Crippen LogP contribution is 2.26. The van der Waals surface area contributed by atoms with E-state index < -0.39 is 0 Å². The topological polar surface area (TPSA) is 21.3 Å². The van der Waals surface area contributed by atoms with Gasteiger partial charge in [0.05, 0.1) is 0 Å². The fraction of sp³-hybridized carbons (Fsp3) is 0.143. The molecule has 0 saturated carbocycles. The Balaban J connectivity index is 1.68. The first-order chi connectivity index (χ1) is 12.5. The van der Waals surface area contributed by atoms with Gasteiger partial charge in [-0.25, -0.2) is 0 Å². The van der Waals surface area contributed by atoms with E-state index in [1.807, 2.05) is 55.5 Å². The van der Waals surface area contributed by atoms with Gasteiger partial charge in [0, 0.05) is 38.4 Å². The molecule has 0 saturated heterocycles. The summed E-state index contributed by atoms with van der Waals surface area (Å²) in [5, 5.41) is 5.34. The number of ether oxygens (including phenoxy) is 1. The number of rotatable bonds is 6. The lowest BCUT2D eigenvalue weighted by molar-refractivity contribution is 0.303. The predicted octanol–water partition coefficient (Wildman–Crippen LogP) is 7.15. The van der Waals surface area contributed by atoms with Crippen LogP contribution < -0.4 is 10.1 Å². The number of para-hydroxylation sites is 1. The van der Waals surface area contributed by atoms with Gasteiger partial charge < -0.3 is 10.1 Å². The number of hydrogen-bond acceptors (Lipinski definition) is 2. The summed E-state index contributed by atoms with van der Waals surface area (Å²) in [5.74, 6) is 0.809. The van der Waals surface area contributed by atoms with E-state index in [0.717, 1.165) is 33.1 Å². The fourth-order valence-corrected chi connectivity index (χ4v) is 3.13. The van der Waals surface area contributed by atoms with E-state index in [1.165, 1.54) is 0 Å². The van der Waals surface area contributed by atoms with Gasteiger partial charge in [0.2, 0.25) is 0 Å². The Morgan fingerprint density at radius 3 is 2.42 bits per heavy atom. The van der Waals surface area contributed by atoms with Crippen molar-refractivity contribution in [1.82, 2.24) is 0 Å². The monoisotopic (exact) mass is 405 g/mol. The Kier molecular flexibility index (Phi) is 6.31. The van der Waals surface area contributed by atoms with Crippen LogP contribution in [-0.2, 0) is 13.2 Å². The lowest BCUT2D eigenvalue weighted by atomic mass is 10.1. The van der Waals surface area contributed by atoms with E-state index in [4.69, 9.17) is 39.5 Å². The van der Waals surface area contributed by atoms with Gasteiger partial charge in [0.25, 0.3) is 0 Å². The van der Waals surface area contributed by atoms with E-state index in [1.54, 1.807) is 12.1 Å². The molecule has 0 amide bonds. The molecule has 0 atom stereocenters.